The average Bonchev–Trinajstić information content (AvgIpc) is 3.15. The Hall–Kier alpha value is -1.86. The summed E-state index contributed by atoms with van der Waals surface area (Å²) in [7, 11) is 4.07. The van der Waals surface area contributed by atoms with E-state index in [0.717, 1.165) is 23.9 Å². The summed E-state index contributed by atoms with van der Waals surface area (Å²) >= 11 is 0. The molecule has 1 aromatic carbocycles. The molecular formula is C19H28BNO5. The van der Waals surface area contributed by atoms with Gasteiger partial charge in [0.05, 0.1) is 7.11 Å². The Labute approximate surface area is 155 Å². The van der Waals surface area contributed by atoms with Crippen LogP contribution in [0.1, 0.15) is 37.7 Å². The summed E-state index contributed by atoms with van der Waals surface area (Å²) in [6.45, 7) is 0. The van der Waals surface area contributed by atoms with Gasteiger partial charge in [0.1, 0.15) is 6.04 Å². The second kappa shape index (κ2) is 10.3. The van der Waals surface area contributed by atoms with Gasteiger partial charge in [0, 0.05) is 27.1 Å². The smallest absolute Gasteiger partial charge is 0.467 e. The van der Waals surface area contributed by atoms with Crippen molar-refractivity contribution in [2.24, 2.45) is 5.92 Å². The molecule has 1 fully saturated rings. The first kappa shape index (κ1) is 20.5. The van der Waals surface area contributed by atoms with E-state index >= 15 is 0 Å². The number of esters is 1. The summed E-state index contributed by atoms with van der Waals surface area (Å²) in [5.74, 6) is -0.0733. The Morgan fingerprint density at radius 3 is 2.27 bits per heavy atom. The highest BCUT2D eigenvalue weighted by molar-refractivity contribution is 6.61. The number of rotatable bonds is 9. The van der Waals surface area contributed by atoms with Crippen LogP contribution in [-0.4, -0.2) is 46.4 Å². The van der Waals surface area contributed by atoms with Crippen LogP contribution in [0.15, 0.2) is 24.3 Å². The third-order valence-corrected chi connectivity index (χ3v) is 4.89. The fourth-order valence-corrected chi connectivity index (χ4v) is 3.48. The van der Waals surface area contributed by atoms with Crippen molar-refractivity contribution in [2.45, 2.75) is 44.6 Å². The zero-order valence-electron chi connectivity index (χ0n) is 15.8. The number of methoxy groups -OCH3 is 1. The van der Waals surface area contributed by atoms with Crippen molar-refractivity contribution in [3.63, 3.8) is 0 Å². The predicted molar refractivity (Wildman–Crippen MR) is 100 cm³/mol. The van der Waals surface area contributed by atoms with Gasteiger partial charge >= 0.3 is 13.1 Å². The molecule has 7 heteroatoms. The van der Waals surface area contributed by atoms with Crippen molar-refractivity contribution in [3.05, 3.63) is 29.8 Å². The minimum Gasteiger partial charge on any atom is -0.467 e. The van der Waals surface area contributed by atoms with Crippen molar-refractivity contribution < 1.29 is 23.6 Å². The molecule has 2 rings (SSSR count). The molecule has 0 aromatic heterocycles. The van der Waals surface area contributed by atoms with E-state index in [-0.39, 0.29) is 5.91 Å². The zero-order chi connectivity index (χ0) is 18.9. The van der Waals surface area contributed by atoms with Crippen LogP contribution in [0.5, 0.6) is 0 Å². The summed E-state index contributed by atoms with van der Waals surface area (Å²) in [6, 6.07) is 6.91. The largest absolute Gasteiger partial charge is 0.493 e. The lowest BCUT2D eigenvalue weighted by molar-refractivity contribution is -0.145. The molecule has 1 aromatic rings. The van der Waals surface area contributed by atoms with E-state index in [1.54, 1.807) is 14.2 Å². The maximum atomic E-state index is 12.3. The average molecular weight is 361 g/mol. The lowest BCUT2D eigenvalue weighted by atomic mass is 9.78. The highest BCUT2D eigenvalue weighted by Crippen LogP contribution is 2.27. The van der Waals surface area contributed by atoms with E-state index in [1.807, 2.05) is 24.3 Å². The van der Waals surface area contributed by atoms with E-state index in [2.05, 4.69) is 5.32 Å². The Morgan fingerprint density at radius 1 is 1.12 bits per heavy atom. The maximum absolute atomic E-state index is 12.3. The molecule has 0 radical (unpaired) electrons. The molecule has 0 aliphatic heterocycles. The summed E-state index contributed by atoms with van der Waals surface area (Å²) in [4.78, 5) is 24.4. The molecule has 6 nitrogen and oxygen atoms in total. The molecule has 1 saturated carbocycles. The predicted octanol–water partition coefficient (Wildman–Crippen LogP) is 1.46. The molecular weight excluding hydrogens is 333 g/mol. The molecule has 0 unspecified atom stereocenters. The van der Waals surface area contributed by atoms with Crippen LogP contribution in [0, 0.1) is 5.92 Å². The van der Waals surface area contributed by atoms with Gasteiger partial charge in [-0.1, -0.05) is 37.1 Å². The van der Waals surface area contributed by atoms with Crippen molar-refractivity contribution in [1.29, 1.82) is 0 Å². The Balaban J connectivity index is 1.98. The molecule has 0 spiro atoms. The van der Waals surface area contributed by atoms with Crippen LogP contribution in [-0.2, 0) is 30.1 Å². The van der Waals surface area contributed by atoms with Gasteiger partial charge in [-0.05, 0) is 29.8 Å². The van der Waals surface area contributed by atoms with E-state index in [9.17, 15) is 9.59 Å². The number of ether oxygens (including phenoxy) is 1. The van der Waals surface area contributed by atoms with Crippen LogP contribution < -0.4 is 10.8 Å². The van der Waals surface area contributed by atoms with Gasteiger partial charge in [-0.3, -0.25) is 4.79 Å². The summed E-state index contributed by atoms with van der Waals surface area (Å²) in [5, 5.41) is 2.84. The Morgan fingerprint density at radius 2 is 1.73 bits per heavy atom. The minimum atomic E-state index is -0.680. The summed E-state index contributed by atoms with van der Waals surface area (Å²) < 4.78 is 15.3. The number of benzene rings is 1. The first-order chi connectivity index (χ1) is 12.6. The molecule has 0 saturated heterocycles. The van der Waals surface area contributed by atoms with E-state index in [4.69, 9.17) is 14.0 Å². The Bertz CT molecular complexity index is 582. The van der Waals surface area contributed by atoms with Crippen LogP contribution >= 0.6 is 0 Å². The number of amides is 1. The summed E-state index contributed by atoms with van der Waals surface area (Å²) in [6.07, 6.45) is 5.43. The second-order valence-electron chi connectivity index (χ2n) is 6.75. The maximum Gasteiger partial charge on any atom is 0.493 e. The molecule has 1 N–H and O–H groups in total. The molecule has 1 aliphatic carbocycles. The van der Waals surface area contributed by atoms with Crippen LogP contribution in [0.4, 0.5) is 0 Å². The molecule has 0 bridgehead atoms. The fraction of sp³-hybridized carbons (Fsp3) is 0.579. The highest BCUT2D eigenvalue weighted by Gasteiger charge is 2.25. The monoisotopic (exact) mass is 361 g/mol. The molecule has 1 amide bonds. The number of carbonyl (C=O) groups excluding carboxylic acids is 2. The van der Waals surface area contributed by atoms with Crippen molar-refractivity contribution >= 4 is 24.5 Å². The van der Waals surface area contributed by atoms with Crippen molar-refractivity contribution in [2.75, 3.05) is 21.3 Å². The van der Waals surface area contributed by atoms with Crippen LogP contribution in [0.2, 0.25) is 0 Å². The molecule has 26 heavy (non-hydrogen) atoms. The van der Waals surface area contributed by atoms with E-state index in [0.29, 0.717) is 18.8 Å². The summed E-state index contributed by atoms with van der Waals surface area (Å²) in [5.41, 5.74) is 1.81. The number of carbonyl (C=O) groups is 2. The SMILES string of the molecule is COB(OC)c1ccc(C[C@H](NC(=O)CC2CCCC2)C(=O)OC)cc1. The first-order valence-corrected chi connectivity index (χ1v) is 9.09. The van der Waals surface area contributed by atoms with Gasteiger partial charge in [-0.2, -0.15) is 0 Å². The lowest BCUT2D eigenvalue weighted by Crippen LogP contribution is -2.43. The van der Waals surface area contributed by atoms with Gasteiger partial charge in [-0.25, -0.2) is 4.79 Å². The Kier molecular flexibility index (Phi) is 8.13. The van der Waals surface area contributed by atoms with E-state index < -0.39 is 19.1 Å². The van der Waals surface area contributed by atoms with Crippen molar-refractivity contribution in [3.8, 4) is 0 Å². The van der Waals surface area contributed by atoms with Gasteiger partial charge in [-0.15, -0.1) is 0 Å². The third-order valence-electron chi connectivity index (χ3n) is 4.89. The molecule has 1 aliphatic rings. The molecule has 1 atom stereocenters. The lowest BCUT2D eigenvalue weighted by Gasteiger charge is -2.18. The van der Waals surface area contributed by atoms with Gasteiger partial charge in [0.15, 0.2) is 0 Å². The molecule has 0 heterocycles. The van der Waals surface area contributed by atoms with Crippen molar-refractivity contribution in [1.82, 2.24) is 5.32 Å². The van der Waals surface area contributed by atoms with Gasteiger partial charge in [0.2, 0.25) is 5.91 Å². The minimum absolute atomic E-state index is 0.0808. The van der Waals surface area contributed by atoms with Crippen LogP contribution in [0.25, 0.3) is 0 Å². The third kappa shape index (κ3) is 5.85. The number of hydrogen-bond donors (Lipinski definition) is 1. The van der Waals surface area contributed by atoms with Gasteiger partial charge in [0.25, 0.3) is 0 Å². The van der Waals surface area contributed by atoms with E-state index in [1.165, 1.54) is 20.0 Å². The van der Waals surface area contributed by atoms with Crippen LogP contribution in [0.3, 0.4) is 0 Å². The van der Waals surface area contributed by atoms with Gasteiger partial charge < -0.3 is 19.4 Å². The number of nitrogens with one attached hydrogen (secondary N) is 1. The normalized spacial score (nSPS) is 15.5. The first-order valence-electron chi connectivity index (χ1n) is 9.09. The fourth-order valence-electron chi connectivity index (χ4n) is 3.48. The number of hydrogen-bond acceptors (Lipinski definition) is 5. The standard InChI is InChI=1S/C19H28BNO5/c1-24-19(23)17(21-18(22)13-14-6-4-5-7-14)12-15-8-10-16(11-9-15)20(25-2)26-3/h8-11,14,17H,4-7,12-13H2,1-3H3,(H,21,22)/t17-/m0/s1. The topological polar surface area (TPSA) is 73.9 Å². The second-order valence-corrected chi connectivity index (χ2v) is 6.75. The highest BCUT2D eigenvalue weighted by atomic mass is 16.6. The quantitative estimate of drug-likeness (QED) is 0.533. The zero-order valence-corrected chi connectivity index (χ0v) is 15.8. The molecule has 142 valence electrons.